The van der Waals surface area contributed by atoms with E-state index in [0.29, 0.717) is 11.4 Å². The fraction of sp³-hybridized carbons (Fsp3) is 0.667. The van der Waals surface area contributed by atoms with Crippen molar-refractivity contribution in [3.05, 3.63) is 29.3 Å². The summed E-state index contributed by atoms with van der Waals surface area (Å²) in [5.74, 6) is 1.59. The Morgan fingerprint density at radius 1 is 1.22 bits per heavy atom. The van der Waals surface area contributed by atoms with Crippen LogP contribution in [0, 0.1) is 18.3 Å². The van der Waals surface area contributed by atoms with Crippen molar-refractivity contribution in [3.63, 3.8) is 0 Å². The fourth-order valence-corrected chi connectivity index (χ4v) is 4.86. The van der Waals surface area contributed by atoms with Crippen LogP contribution in [0.15, 0.2) is 28.1 Å². The van der Waals surface area contributed by atoms with Gasteiger partial charge < -0.3 is 10.6 Å². The lowest BCUT2D eigenvalue weighted by molar-refractivity contribution is 0.218. The first kappa shape index (κ1) is 21.7. The van der Waals surface area contributed by atoms with Crippen molar-refractivity contribution in [3.8, 4) is 0 Å². The van der Waals surface area contributed by atoms with Gasteiger partial charge in [-0.1, -0.05) is 38.8 Å². The van der Waals surface area contributed by atoms with Gasteiger partial charge in [0.05, 0.1) is 11.4 Å². The lowest BCUT2D eigenvalue weighted by atomic mass is 9.78. The van der Waals surface area contributed by atoms with Gasteiger partial charge in [0.1, 0.15) is 0 Å². The quantitative estimate of drug-likeness (QED) is 0.548. The van der Waals surface area contributed by atoms with Crippen molar-refractivity contribution in [1.29, 1.82) is 0 Å². The van der Waals surface area contributed by atoms with E-state index in [1.54, 1.807) is 6.07 Å². The van der Waals surface area contributed by atoms with Gasteiger partial charge in [-0.15, -0.1) is 0 Å². The first-order valence-electron chi connectivity index (χ1n) is 9.95. The highest BCUT2D eigenvalue weighted by atomic mass is 32.2. The molecule has 0 heterocycles. The molecule has 1 aromatic rings. The van der Waals surface area contributed by atoms with E-state index in [1.807, 2.05) is 19.1 Å². The van der Waals surface area contributed by atoms with Crippen LogP contribution in [0.25, 0.3) is 0 Å². The summed E-state index contributed by atoms with van der Waals surface area (Å²) in [5.41, 5.74) is 2.03. The maximum atomic E-state index is 11.8. The zero-order valence-electron chi connectivity index (χ0n) is 17.4. The molecular formula is C21H35N3O2S. The molecule has 27 heavy (non-hydrogen) atoms. The van der Waals surface area contributed by atoms with Crippen LogP contribution >= 0.6 is 0 Å². The topological polar surface area (TPSA) is 70.6 Å². The third-order valence-corrected chi connectivity index (χ3v) is 6.83. The van der Waals surface area contributed by atoms with Crippen molar-refractivity contribution >= 4 is 15.8 Å². The molecule has 0 saturated heterocycles. The van der Waals surface area contributed by atoms with Gasteiger partial charge in [0.15, 0.2) is 15.8 Å². The van der Waals surface area contributed by atoms with Gasteiger partial charge >= 0.3 is 0 Å². The average molecular weight is 394 g/mol. The molecular weight excluding hydrogens is 358 g/mol. The van der Waals surface area contributed by atoms with Gasteiger partial charge in [-0.3, -0.25) is 0 Å². The average Bonchev–Trinajstić information content (AvgIpc) is 3.12. The van der Waals surface area contributed by atoms with Gasteiger partial charge in [-0.25, -0.2) is 13.4 Å². The second-order valence-electron chi connectivity index (χ2n) is 8.39. The molecule has 0 aliphatic heterocycles. The van der Waals surface area contributed by atoms with Crippen LogP contribution in [0.5, 0.6) is 0 Å². The standard InChI is InChI=1S/C21H35N3O2S/c1-6-22-20(24-15-21(3,4)18-9-7-8-10-18)23-14-17-11-12-19(16(2)13-17)27(5,25)26/h11-13,18H,6-10,14-15H2,1-5H3,(H2,22,23,24). The molecule has 0 bridgehead atoms. The van der Waals surface area contributed by atoms with Crippen LogP contribution < -0.4 is 10.6 Å². The molecule has 6 heteroatoms. The number of aliphatic imine (C=N–C) groups is 1. The van der Waals surface area contributed by atoms with Crippen LogP contribution in [-0.2, 0) is 16.4 Å². The third kappa shape index (κ3) is 6.23. The SMILES string of the molecule is CCNC(=NCc1ccc(S(C)(=O)=O)c(C)c1)NCC(C)(C)C1CCCC1. The minimum Gasteiger partial charge on any atom is -0.357 e. The Hall–Kier alpha value is -1.56. The lowest BCUT2D eigenvalue weighted by Gasteiger charge is -2.32. The molecule has 0 unspecified atom stereocenters. The minimum absolute atomic E-state index is 0.250. The van der Waals surface area contributed by atoms with Crippen molar-refractivity contribution < 1.29 is 8.42 Å². The highest BCUT2D eigenvalue weighted by molar-refractivity contribution is 7.90. The summed E-state index contributed by atoms with van der Waals surface area (Å²) in [7, 11) is -3.18. The fourth-order valence-electron chi connectivity index (χ4n) is 3.90. The van der Waals surface area contributed by atoms with E-state index in [9.17, 15) is 8.42 Å². The highest BCUT2D eigenvalue weighted by Gasteiger charge is 2.31. The Labute approximate surface area is 165 Å². The second kappa shape index (κ2) is 9.09. The van der Waals surface area contributed by atoms with Crippen molar-refractivity contribution in [1.82, 2.24) is 10.6 Å². The first-order valence-corrected chi connectivity index (χ1v) is 11.8. The van der Waals surface area contributed by atoms with Gasteiger partial charge in [0.2, 0.25) is 0 Å². The number of aryl methyl sites for hydroxylation is 1. The molecule has 2 N–H and O–H groups in total. The van der Waals surface area contributed by atoms with Crippen molar-refractivity contribution in [2.24, 2.45) is 16.3 Å². The van der Waals surface area contributed by atoms with E-state index in [4.69, 9.17) is 4.99 Å². The molecule has 0 radical (unpaired) electrons. The molecule has 0 atom stereocenters. The third-order valence-electron chi connectivity index (χ3n) is 5.57. The van der Waals surface area contributed by atoms with E-state index in [-0.39, 0.29) is 5.41 Å². The minimum atomic E-state index is -3.18. The molecule has 1 aliphatic rings. The Morgan fingerprint density at radius 2 is 1.89 bits per heavy atom. The number of benzene rings is 1. The molecule has 1 fully saturated rings. The summed E-state index contributed by atoms with van der Waals surface area (Å²) in [6.45, 7) is 10.8. The number of guanidine groups is 1. The summed E-state index contributed by atoms with van der Waals surface area (Å²) < 4.78 is 23.5. The predicted octanol–water partition coefficient (Wildman–Crippen LogP) is 3.67. The van der Waals surface area contributed by atoms with E-state index in [2.05, 4.69) is 31.4 Å². The predicted molar refractivity (Wildman–Crippen MR) is 113 cm³/mol. The van der Waals surface area contributed by atoms with Crippen molar-refractivity contribution in [2.45, 2.75) is 64.8 Å². The summed E-state index contributed by atoms with van der Waals surface area (Å²) in [5, 5.41) is 6.81. The van der Waals surface area contributed by atoms with Crippen LogP contribution in [0.2, 0.25) is 0 Å². The molecule has 1 saturated carbocycles. The zero-order valence-corrected chi connectivity index (χ0v) is 18.2. The molecule has 5 nitrogen and oxygen atoms in total. The van der Waals surface area contributed by atoms with Gasteiger partial charge in [-0.2, -0.15) is 0 Å². The molecule has 152 valence electrons. The molecule has 0 amide bonds. The maximum absolute atomic E-state index is 11.8. The molecule has 0 spiro atoms. The van der Waals surface area contributed by atoms with Crippen LogP contribution in [-0.4, -0.2) is 33.7 Å². The van der Waals surface area contributed by atoms with Gasteiger partial charge in [0.25, 0.3) is 0 Å². The zero-order chi connectivity index (χ0) is 20.1. The monoisotopic (exact) mass is 393 g/mol. The first-order chi connectivity index (χ1) is 12.6. The Balaban J connectivity index is 2.03. The summed E-state index contributed by atoms with van der Waals surface area (Å²) in [6, 6.07) is 5.43. The number of nitrogens with zero attached hydrogens (tertiary/aromatic N) is 1. The molecule has 1 aromatic carbocycles. The largest absolute Gasteiger partial charge is 0.357 e. The highest BCUT2D eigenvalue weighted by Crippen LogP contribution is 2.38. The Bertz CT molecular complexity index is 764. The molecule has 2 rings (SSSR count). The Kier molecular flexibility index (Phi) is 7.32. The Morgan fingerprint density at radius 3 is 2.44 bits per heavy atom. The smallest absolute Gasteiger partial charge is 0.191 e. The van der Waals surface area contributed by atoms with Crippen LogP contribution in [0.1, 0.15) is 57.6 Å². The number of hydrogen-bond donors (Lipinski definition) is 2. The van der Waals surface area contributed by atoms with E-state index >= 15 is 0 Å². The molecule has 1 aliphatic carbocycles. The number of rotatable bonds is 7. The van der Waals surface area contributed by atoms with Crippen LogP contribution in [0.3, 0.4) is 0 Å². The van der Waals surface area contributed by atoms with Crippen molar-refractivity contribution in [2.75, 3.05) is 19.3 Å². The van der Waals surface area contributed by atoms with E-state index in [1.165, 1.54) is 31.9 Å². The van der Waals surface area contributed by atoms with Crippen LogP contribution in [0.4, 0.5) is 0 Å². The van der Waals surface area contributed by atoms with Gasteiger partial charge in [0, 0.05) is 19.3 Å². The molecule has 0 aromatic heterocycles. The van der Waals surface area contributed by atoms with E-state index < -0.39 is 9.84 Å². The normalized spacial score (nSPS) is 16.6. The lowest BCUT2D eigenvalue weighted by Crippen LogP contribution is -2.44. The summed E-state index contributed by atoms with van der Waals surface area (Å²) >= 11 is 0. The summed E-state index contributed by atoms with van der Waals surface area (Å²) in [6.07, 6.45) is 6.60. The maximum Gasteiger partial charge on any atom is 0.191 e. The number of hydrogen-bond acceptors (Lipinski definition) is 3. The summed E-state index contributed by atoms with van der Waals surface area (Å²) in [4.78, 5) is 5.08. The number of nitrogens with one attached hydrogen (secondary N) is 2. The second-order valence-corrected chi connectivity index (χ2v) is 10.4. The van der Waals surface area contributed by atoms with E-state index in [0.717, 1.165) is 36.1 Å². The number of sulfone groups is 1. The van der Waals surface area contributed by atoms with Gasteiger partial charge in [-0.05, 0) is 55.2 Å².